The van der Waals surface area contributed by atoms with Gasteiger partial charge in [0.2, 0.25) is 0 Å². The molecule has 0 spiro atoms. The Morgan fingerprint density at radius 3 is 2.59 bits per heavy atom. The van der Waals surface area contributed by atoms with Gasteiger partial charge in [-0.15, -0.1) is 11.8 Å². The van der Waals surface area contributed by atoms with E-state index in [0.29, 0.717) is 23.5 Å². The van der Waals surface area contributed by atoms with Crippen molar-refractivity contribution in [3.63, 3.8) is 0 Å². The fourth-order valence-electron chi connectivity index (χ4n) is 4.59. The Morgan fingerprint density at radius 1 is 1.09 bits per heavy atom. The standard InChI is InChI=1S/C27H35NO3S/c1-3-14-28-16-25(17-28)31-24-11-6-21(7-12-24)19(2)26-13-10-23(30)15-27(26)32-18-20-4-8-22(29)9-5-20/h4,6-11,15,20,24-26,29-30H,2-3,5,12-14,16-18H2,1H3/t20-,24+,26-/m0/s1. The number of ether oxygens (including phenoxy) is 1. The second-order valence-electron chi connectivity index (χ2n) is 9.09. The van der Waals surface area contributed by atoms with Crippen molar-refractivity contribution < 1.29 is 14.9 Å². The molecular formula is C27H35NO3S. The van der Waals surface area contributed by atoms with Crippen LogP contribution < -0.4 is 0 Å². The number of allylic oxidation sites excluding steroid dienone is 9. The topological polar surface area (TPSA) is 52.9 Å². The van der Waals surface area contributed by atoms with Crippen LogP contribution in [0.5, 0.6) is 0 Å². The highest BCUT2D eigenvalue weighted by atomic mass is 32.2. The monoisotopic (exact) mass is 453 g/mol. The number of thioether (sulfide) groups is 1. The van der Waals surface area contributed by atoms with Gasteiger partial charge in [-0.2, -0.15) is 0 Å². The van der Waals surface area contributed by atoms with E-state index in [0.717, 1.165) is 43.7 Å². The zero-order chi connectivity index (χ0) is 22.5. The summed E-state index contributed by atoms with van der Waals surface area (Å²) < 4.78 is 6.24. The van der Waals surface area contributed by atoms with Crippen LogP contribution in [-0.4, -0.2) is 52.7 Å². The van der Waals surface area contributed by atoms with Crippen LogP contribution in [0.1, 0.15) is 32.6 Å². The number of hydrogen-bond donors (Lipinski definition) is 2. The highest BCUT2D eigenvalue weighted by Gasteiger charge is 2.29. The molecule has 5 heteroatoms. The number of aliphatic hydroxyl groups excluding tert-OH is 2. The molecule has 0 radical (unpaired) electrons. The minimum absolute atomic E-state index is 0.155. The van der Waals surface area contributed by atoms with Crippen molar-refractivity contribution in [2.24, 2.45) is 11.8 Å². The number of nitrogens with zero attached hydrogens (tertiary/aromatic N) is 1. The van der Waals surface area contributed by atoms with Crippen molar-refractivity contribution in [2.45, 2.75) is 44.8 Å². The number of aliphatic hydroxyl groups is 2. The molecule has 0 bridgehead atoms. The first-order valence-corrected chi connectivity index (χ1v) is 12.8. The van der Waals surface area contributed by atoms with Crippen LogP contribution in [0.4, 0.5) is 0 Å². The van der Waals surface area contributed by atoms with Crippen LogP contribution in [-0.2, 0) is 4.74 Å². The lowest BCUT2D eigenvalue weighted by atomic mass is 9.85. The molecule has 3 atom stereocenters. The molecule has 0 aromatic carbocycles. The molecule has 0 amide bonds. The average Bonchev–Trinajstić information content (AvgIpc) is 2.77. The summed E-state index contributed by atoms with van der Waals surface area (Å²) >= 11 is 1.79. The molecule has 0 saturated carbocycles. The van der Waals surface area contributed by atoms with Crippen LogP contribution >= 0.6 is 11.8 Å². The van der Waals surface area contributed by atoms with Crippen molar-refractivity contribution in [2.75, 3.05) is 25.4 Å². The van der Waals surface area contributed by atoms with Gasteiger partial charge in [0.05, 0.1) is 12.2 Å². The summed E-state index contributed by atoms with van der Waals surface area (Å²) in [5.74, 6) is 2.20. The molecule has 4 rings (SSSR count). The Labute approximate surface area is 196 Å². The highest BCUT2D eigenvalue weighted by molar-refractivity contribution is 8.03. The number of rotatable bonds is 9. The summed E-state index contributed by atoms with van der Waals surface area (Å²) in [6.07, 6.45) is 20.3. The summed E-state index contributed by atoms with van der Waals surface area (Å²) in [5.41, 5.74) is 2.29. The van der Waals surface area contributed by atoms with Crippen molar-refractivity contribution in [1.82, 2.24) is 4.90 Å². The van der Waals surface area contributed by atoms with Gasteiger partial charge in [-0.25, -0.2) is 0 Å². The van der Waals surface area contributed by atoms with E-state index < -0.39 is 0 Å². The van der Waals surface area contributed by atoms with Crippen molar-refractivity contribution in [1.29, 1.82) is 0 Å². The van der Waals surface area contributed by atoms with Gasteiger partial charge < -0.3 is 14.9 Å². The summed E-state index contributed by atoms with van der Waals surface area (Å²) in [4.78, 5) is 3.61. The lowest BCUT2D eigenvalue weighted by molar-refractivity contribution is -0.0762. The summed E-state index contributed by atoms with van der Waals surface area (Å²) in [6.45, 7) is 9.93. The van der Waals surface area contributed by atoms with Crippen LogP contribution in [0.3, 0.4) is 0 Å². The first-order valence-electron chi connectivity index (χ1n) is 11.8. The lowest BCUT2D eigenvalue weighted by Crippen LogP contribution is -2.53. The van der Waals surface area contributed by atoms with E-state index in [2.05, 4.69) is 42.7 Å². The molecule has 4 aliphatic rings. The number of likely N-dealkylation sites (tertiary alicyclic amines) is 1. The van der Waals surface area contributed by atoms with Crippen LogP contribution in [0.2, 0.25) is 0 Å². The maximum Gasteiger partial charge on any atom is 0.112 e. The third-order valence-electron chi connectivity index (χ3n) is 6.51. The van der Waals surface area contributed by atoms with Gasteiger partial charge in [-0.05, 0) is 78.5 Å². The van der Waals surface area contributed by atoms with Crippen molar-refractivity contribution in [3.8, 4) is 0 Å². The number of hydrogen-bond acceptors (Lipinski definition) is 5. The van der Waals surface area contributed by atoms with E-state index >= 15 is 0 Å². The van der Waals surface area contributed by atoms with Gasteiger partial charge in [0, 0.05) is 24.8 Å². The molecule has 1 aliphatic heterocycles. The Morgan fingerprint density at radius 2 is 1.91 bits per heavy atom. The Balaban J connectivity index is 1.30. The van der Waals surface area contributed by atoms with E-state index in [1.165, 1.54) is 23.4 Å². The Kier molecular flexibility index (Phi) is 7.82. The highest BCUT2D eigenvalue weighted by Crippen LogP contribution is 2.41. The van der Waals surface area contributed by atoms with Crippen LogP contribution in [0, 0.1) is 11.8 Å². The smallest absolute Gasteiger partial charge is 0.112 e. The quantitative estimate of drug-likeness (QED) is 0.448. The van der Waals surface area contributed by atoms with Gasteiger partial charge in [-0.1, -0.05) is 37.8 Å². The minimum atomic E-state index is 0.155. The molecule has 172 valence electrons. The van der Waals surface area contributed by atoms with Gasteiger partial charge in [-0.3, -0.25) is 4.90 Å². The van der Waals surface area contributed by atoms with E-state index in [1.54, 1.807) is 17.8 Å². The molecule has 4 nitrogen and oxygen atoms in total. The molecule has 1 heterocycles. The molecule has 0 aromatic rings. The van der Waals surface area contributed by atoms with E-state index in [1.807, 2.05) is 18.2 Å². The minimum Gasteiger partial charge on any atom is -0.508 e. The third kappa shape index (κ3) is 5.89. The molecule has 1 fully saturated rings. The zero-order valence-electron chi connectivity index (χ0n) is 19.0. The predicted molar refractivity (Wildman–Crippen MR) is 134 cm³/mol. The maximum atomic E-state index is 10.1. The van der Waals surface area contributed by atoms with Crippen LogP contribution in [0.25, 0.3) is 0 Å². The summed E-state index contributed by atoms with van der Waals surface area (Å²) in [6, 6.07) is 0. The molecule has 0 unspecified atom stereocenters. The van der Waals surface area contributed by atoms with Crippen LogP contribution in [0.15, 0.2) is 82.8 Å². The van der Waals surface area contributed by atoms with Gasteiger partial charge in [0.25, 0.3) is 0 Å². The first-order chi connectivity index (χ1) is 15.5. The molecule has 32 heavy (non-hydrogen) atoms. The van der Waals surface area contributed by atoms with E-state index in [9.17, 15) is 10.2 Å². The van der Waals surface area contributed by atoms with E-state index in [4.69, 9.17) is 4.74 Å². The van der Waals surface area contributed by atoms with E-state index in [-0.39, 0.29) is 12.0 Å². The van der Waals surface area contributed by atoms with Crippen molar-refractivity contribution in [3.05, 3.63) is 82.8 Å². The first kappa shape index (κ1) is 23.2. The average molecular weight is 454 g/mol. The Hall–Kier alpha value is -1.95. The Bertz CT molecular complexity index is 889. The van der Waals surface area contributed by atoms with Gasteiger partial charge in [0.1, 0.15) is 11.5 Å². The fourth-order valence-corrected chi connectivity index (χ4v) is 5.89. The largest absolute Gasteiger partial charge is 0.508 e. The molecule has 3 aliphatic carbocycles. The zero-order valence-corrected chi connectivity index (χ0v) is 19.8. The molecule has 0 aromatic heterocycles. The molecule has 1 saturated heterocycles. The SMILES string of the molecule is C=C(C1=CC[C@H](OC2CN(CCC)C2)C=C1)[C@@H]1CC=C(O)C=C1SC[C@H]1C=CC(O)=CC1. The second kappa shape index (κ2) is 10.8. The molecular weight excluding hydrogens is 418 g/mol. The molecule has 2 N–H and O–H groups in total. The third-order valence-corrected chi connectivity index (χ3v) is 7.84. The van der Waals surface area contributed by atoms with Gasteiger partial charge in [0.15, 0.2) is 0 Å². The fraction of sp³-hybridized carbons (Fsp3) is 0.481. The summed E-state index contributed by atoms with van der Waals surface area (Å²) in [7, 11) is 0. The van der Waals surface area contributed by atoms with Gasteiger partial charge >= 0.3 is 0 Å². The lowest BCUT2D eigenvalue weighted by Gasteiger charge is -2.40. The maximum absolute atomic E-state index is 10.1. The summed E-state index contributed by atoms with van der Waals surface area (Å²) in [5, 5.41) is 19.6. The van der Waals surface area contributed by atoms with Crippen molar-refractivity contribution >= 4 is 11.8 Å². The normalized spacial score (nSPS) is 28.5. The second-order valence-corrected chi connectivity index (χ2v) is 10.2. The predicted octanol–water partition coefficient (Wildman–Crippen LogP) is 6.01.